The van der Waals surface area contributed by atoms with Gasteiger partial charge < -0.3 is 14.4 Å². The van der Waals surface area contributed by atoms with Crippen molar-refractivity contribution in [2.75, 3.05) is 34.4 Å². The van der Waals surface area contributed by atoms with E-state index in [2.05, 4.69) is 0 Å². The van der Waals surface area contributed by atoms with Crippen molar-refractivity contribution in [3.05, 3.63) is 53.6 Å². The van der Waals surface area contributed by atoms with E-state index in [4.69, 9.17) is 9.47 Å². The van der Waals surface area contributed by atoms with Crippen LogP contribution in [-0.2, 0) is 16.6 Å². The summed E-state index contributed by atoms with van der Waals surface area (Å²) in [5.41, 5.74) is 1.09. The number of nitrogens with zero attached hydrogens (tertiary/aromatic N) is 2. The third kappa shape index (κ3) is 4.89. The summed E-state index contributed by atoms with van der Waals surface area (Å²) in [6.07, 6.45) is 0. The van der Waals surface area contributed by atoms with Crippen LogP contribution in [0.25, 0.3) is 0 Å². The SMILES string of the molecule is CCN(CC)S(=O)(=O)c1cccc(C(=O)N(C)Cc2cccc(OC)c2OC)c1. The first-order chi connectivity index (χ1) is 13.8. The van der Waals surface area contributed by atoms with Gasteiger partial charge in [0.15, 0.2) is 11.5 Å². The van der Waals surface area contributed by atoms with Crippen molar-refractivity contribution in [2.24, 2.45) is 0 Å². The van der Waals surface area contributed by atoms with Crippen LogP contribution >= 0.6 is 0 Å². The van der Waals surface area contributed by atoms with Crippen LogP contribution in [0.15, 0.2) is 47.4 Å². The second kappa shape index (κ2) is 9.76. The maximum absolute atomic E-state index is 12.9. The summed E-state index contributed by atoms with van der Waals surface area (Å²) in [4.78, 5) is 14.6. The van der Waals surface area contributed by atoms with Crippen LogP contribution in [0.1, 0.15) is 29.8 Å². The molecule has 0 fully saturated rings. The average Bonchev–Trinajstić information content (AvgIpc) is 2.73. The van der Waals surface area contributed by atoms with Gasteiger partial charge in [-0.05, 0) is 24.3 Å². The lowest BCUT2D eigenvalue weighted by Crippen LogP contribution is -2.31. The maximum atomic E-state index is 12.9. The van der Waals surface area contributed by atoms with Gasteiger partial charge >= 0.3 is 0 Å². The molecule has 0 unspecified atom stereocenters. The Morgan fingerprint density at radius 3 is 2.24 bits per heavy atom. The smallest absolute Gasteiger partial charge is 0.253 e. The second-order valence-corrected chi connectivity index (χ2v) is 8.37. The summed E-state index contributed by atoms with van der Waals surface area (Å²) < 4.78 is 37.6. The van der Waals surface area contributed by atoms with E-state index in [1.54, 1.807) is 53.3 Å². The first-order valence-electron chi connectivity index (χ1n) is 9.35. The number of sulfonamides is 1. The maximum Gasteiger partial charge on any atom is 0.253 e. The molecule has 0 N–H and O–H groups in total. The van der Waals surface area contributed by atoms with Crippen molar-refractivity contribution < 1.29 is 22.7 Å². The zero-order valence-corrected chi connectivity index (χ0v) is 18.3. The highest BCUT2D eigenvalue weighted by molar-refractivity contribution is 7.89. The fraction of sp³-hybridized carbons (Fsp3) is 0.381. The standard InChI is InChI=1S/C21H28N2O5S/c1-6-23(7-2)29(25,26)18-12-8-10-16(14-18)21(24)22(3)15-17-11-9-13-19(27-4)20(17)28-5/h8-14H,6-7,15H2,1-5H3. The topological polar surface area (TPSA) is 76.2 Å². The number of carbonyl (C=O) groups excluding carboxylic acids is 1. The highest BCUT2D eigenvalue weighted by atomic mass is 32.2. The minimum atomic E-state index is -3.64. The van der Waals surface area contributed by atoms with E-state index in [9.17, 15) is 13.2 Å². The molecule has 0 heterocycles. The number of benzene rings is 2. The van der Waals surface area contributed by atoms with Crippen molar-refractivity contribution in [3.8, 4) is 11.5 Å². The third-order valence-electron chi connectivity index (χ3n) is 4.66. The molecule has 2 rings (SSSR count). The molecule has 0 aromatic heterocycles. The van der Waals surface area contributed by atoms with Gasteiger partial charge in [0.1, 0.15) is 0 Å². The Balaban J connectivity index is 2.30. The molecule has 29 heavy (non-hydrogen) atoms. The lowest BCUT2D eigenvalue weighted by Gasteiger charge is -2.21. The third-order valence-corrected chi connectivity index (χ3v) is 6.71. The van der Waals surface area contributed by atoms with E-state index in [0.29, 0.717) is 30.2 Å². The van der Waals surface area contributed by atoms with Crippen molar-refractivity contribution >= 4 is 15.9 Å². The zero-order chi connectivity index (χ0) is 21.6. The van der Waals surface area contributed by atoms with Gasteiger partial charge in [-0.2, -0.15) is 4.31 Å². The normalized spacial score (nSPS) is 11.4. The van der Waals surface area contributed by atoms with E-state index in [0.717, 1.165) is 5.56 Å². The van der Waals surface area contributed by atoms with Crippen molar-refractivity contribution in [3.63, 3.8) is 0 Å². The van der Waals surface area contributed by atoms with Gasteiger partial charge in [-0.15, -0.1) is 0 Å². The number of ether oxygens (including phenoxy) is 2. The summed E-state index contributed by atoms with van der Waals surface area (Å²) in [5.74, 6) is 0.858. The van der Waals surface area contributed by atoms with Crippen LogP contribution in [0, 0.1) is 0 Å². The second-order valence-electron chi connectivity index (χ2n) is 6.43. The molecule has 0 aliphatic rings. The summed E-state index contributed by atoms with van der Waals surface area (Å²) in [7, 11) is 1.12. The van der Waals surface area contributed by atoms with Crippen LogP contribution in [-0.4, -0.2) is 57.9 Å². The molecule has 0 radical (unpaired) electrons. The van der Waals surface area contributed by atoms with Gasteiger partial charge in [-0.3, -0.25) is 4.79 Å². The zero-order valence-electron chi connectivity index (χ0n) is 17.5. The number of hydrogen-bond donors (Lipinski definition) is 0. The molecule has 158 valence electrons. The first-order valence-corrected chi connectivity index (χ1v) is 10.8. The fourth-order valence-corrected chi connectivity index (χ4v) is 4.63. The molecule has 1 amide bonds. The minimum Gasteiger partial charge on any atom is -0.493 e. The molecule has 0 aliphatic carbocycles. The minimum absolute atomic E-state index is 0.111. The Kier molecular flexibility index (Phi) is 7.64. The van der Waals surface area contributed by atoms with Crippen molar-refractivity contribution in [2.45, 2.75) is 25.3 Å². The molecule has 7 nitrogen and oxygen atoms in total. The van der Waals surface area contributed by atoms with Crippen LogP contribution < -0.4 is 9.47 Å². The van der Waals surface area contributed by atoms with Crippen LogP contribution in [0.4, 0.5) is 0 Å². The number of hydrogen-bond acceptors (Lipinski definition) is 5. The highest BCUT2D eigenvalue weighted by Crippen LogP contribution is 2.31. The van der Waals surface area contributed by atoms with Gasteiger partial charge in [0.05, 0.1) is 19.1 Å². The predicted molar refractivity (Wildman–Crippen MR) is 112 cm³/mol. The predicted octanol–water partition coefficient (Wildman–Crippen LogP) is 3.01. The summed E-state index contributed by atoms with van der Waals surface area (Å²) in [6.45, 7) is 4.59. The van der Waals surface area contributed by atoms with Gasteiger partial charge in [0.2, 0.25) is 10.0 Å². The fourth-order valence-electron chi connectivity index (χ4n) is 3.13. The molecule has 0 aliphatic heterocycles. The summed E-state index contributed by atoms with van der Waals surface area (Å²) >= 11 is 0. The van der Waals surface area contributed by atoms with Crippen LogP contribution in [0.3, 0.4) is 0 Å². The molecule has 0 bridgehead atoms. The van der Waals surface area contributed by atoms with E-state index in [-0.39, 0.29) is 17.3 Å². The number of carbonyl (C=O) groups is 1. The number of rotatable bonds is 9. The molecular weight excluding hydrogens is 392 g/mol. The monoisotopic (exact) mass is 420 g/mol. The molecule has 0 saturated heterocycles. The lowest BCUT2D eigenvalue weighted by molar-refractivity contribution is 0.0783. The molecule has 0 atom stereocenters. The van der Waals surface area contributed by atoms with Crippen LogP contribution in [0.2, 0.25) is 0 Å². The van der Waals surface area contributed by atoms with Gasteiger partial charge in [0.25, 0.3) is 5.91 Å². The quantitative estimate of drug-likeness (QED) is 0.623. The molecule has 8 heteroatoms. The molecule has 2 aromatic rings. The van der Waals surface area contributed by atoms with Gasteiger partial charge in [-0.1, -0.05) is 32.0 Å². The van der Waals surface area contributed by atoms with E-state index in [1.165, 1.54) is 21.3 Å². The molecule has 2 aromatic carbocycles. The number of amides is 1. The lowest BCUT2D eigenvalue weighted by atomic mass is 10.1. The molecule has 0 saturated carbocycles. The van der Waals surface area contributed by atoms with Crippen molar-refractivity contribution in [1.29, 1.82) is 0 Å². The largest absolute Gasteiger partial charge is 0.493 e. The Morgan fingerprint density at radius 1 is 1.00 bits per heavy atom. The Hall–Kier alpha value is -2.58. The van der Waals surface area contributed by atoms with Crippen molar-refractivity contribution in [1.82, 2.24) is 9.21 Å². The van der Waals surface area contributed by atoms with E-state index in [1.807, 2.05) is 12.1 Å². The highest BCUT2D eigenvalue weighted by Gasteiger charge is 2.23. The first kappa shape index (κ1) is 22.7. The van der Waals surface area contributed by atoms with Gasteiger partial charge in [-0.25, -0.2) is 8.42 Å². The summed E-state index contributed by atoms with van der Waals surface area (Å²) in [5, 5.41) is 0. The van der Waals surface area contributed by atoms with E-state index < -0.39 is 10.0 Å². The molecule has 0 spiro atoms. The van der Waals surface area contributed by atoms with E-state index >= 15 is 0 Å². The Bertz CT molecular complexity index is 955. The Morgan fingerprint density at radius 2 is 1.66 bits per heavy atom. The van der Waals surface area contributed by atoms with Crippen LogP contribution in [0.5, 0.6) is 11.5 Å². The average molecular weight is 421 g/mol. The Labute approximate surface area is 172 Å². The summed E-state index contributed by atoms with van der Waals surface area (Å²) in [6, 6.07) is 11.6. The number of para-hydroxylation sites is 1. The van der Waals surface area contributed by atoms with Gasteiger partial charge in [0, 0.05) is 37.8 Å². The molecular formula is C21H28N2O5S. The number of methoxy groups -OCH3 is 2.